The Kier molecular flexibility index (Phi) is 5.14. The molecule has 32 heavy (non-hydrogen) atoms. The highest BCUT2D eigenvalue weighted by Crippen LogP contribution is 2.38. The Bertz CT molecular complexity index is 1250. The molecular formula is C24H22N4O4. The number of aliphatic carboxylic acids is 1. The number of nitrogen functional groups attached to an aromatic ring is 1. The van der Waals surface area contributed by atoms with Gasteiger partial charge in [-0.3, -0.25) is 19.9 Å². The Morgan fingerprint density at radius 3 is 2.31 bits per heavy atom. The highest BCUT2D eigenvalue weighted by atomic mass is 16.4. The molecule has 4 N–H and O–H groups in total. The summed E-state index contributed by atoms with van der Waals surface area (Å²) in [6, 6.07) is 19.4. The lowest BCUT2D eigenvalue weighted by molar-refractivity contribution is -0.143. The van der Waals surface area contributed by atoms with Gasteiger partial charge < -0.3 is 15.7 Å². The molecule has 0 spiro atoms. The number of hydrogen-bond donors (Lipinski definition) is 3. The average Bonchev–Trinajstić information content (AvgIpc) is 2.95. The third-order valence-corrected chi connectivity index (χ3v) is 5.87. The van der Waals surface area contributed by atoms with Crippen molar-refractivity contribution in [2.24, 2.45) is 5.73 Å². The van der Waals surface area contributed by atoms with Gasteiger partial charge in [0.1, 0.15) is 17.9 Å². The van der Waals surface area contributed by atoms with Gasteiger partial charge in [-0.1, -0.05) is 60.7 Å². The standard InChI is InChI=1S/C24H22N4O4/c1-24(19-10-8-17(9-11-19)21(25)26)22(31)27(14-20(29)30)23(32)28(24)13-15-6-7-16-4-2-3-5-18(16)12-15/h2-12H,13-14H2,1H3,(H3,25,26)(H,29,30)/t24-/m1/s1. The molecule has 3 aromatic rings. The SMILES string of the molecule is C[C@@]1(c2ccc(C(=N)N)cc2)C(=O)N(CC(=O)O)C(=O)N1Cc1ccc2ccccc2c1. The quantitative estimate of drug-likeness (QED) is 0.315. The molecule has 0 aromatic heterocycles. The van der Waals surface area contributed by atoms with Crippen molar-refractivity contribution in [1.82, 2.24) is 9.80 Å². The van der Waals surface area contributed by atoms with Crippen LogP contribution in [-0.2, 0) is 21.7 Å². The average molecular weight is 430 g/mol. The Balaban J connectivity index is 1.77. The summed E-state index contributed by atoms with van der Waals surface area (Å²) in [5.41, 5.74) is 5.93. The number of fused-ring (bicyclic) bond motifs is 1. The molecule has 3 amide bonds. The van der Waals surface area contributed by atoms with Crippen molar-refractivity contribution >= 4 is 34.5 Å². The van der Waals surface area contributed by atoms with Crippen molar-refractivity contribution in [2.75, 3.05) is 6.54 Å². The molecule has 3 aromatic carbocycles. The van der Waals surface area contributed by atoms with Gasteiger partial charge in [0.15, 0.2) is 0 Å². The predicted octanol–water partition coefficient (Wildman–Crippen LogP) is 2.89. The molecule has 4 rings (SSSR count). The van der Waals surface area contributed by atoms with E-state index in [-0.39, 0.29) is 12.4 Å². The first-order chi connectivity index (χ1) is 15.2. The molecule has 0 unspecified atom stereocenters. The molecule has 162 valence electrons. The number of carboxylic acids is 1. The number of nitrogens with two attached hydrogens (primary N) is 1. The molecule has 1 heterocycles. The molecule has 1 fully saturated rings. The first-order valence-electron chi connectivity index (χ1n) is 10.00. The van der Waals surface area contributed by atoms with Crippen LogP contribution in [-0.4, -0.2) is 45.2 Å². The van der Waals surface area contributed by atoms with Crippen molar-refractivity contribution < 1.29 is 19.5 Å². The molecular weight excluding hydrogens is 408 g/mol. The van der Waals surface area contributed by atoms with Gasteiger partial charge in [-0.25, -0.2) is 4.79 Å². The molecule has 8 nitrogen and oxygen atoms in total. The van der Waals surface area contributed by atoms with Gasteiger partial charge in [0.05, 0.1) is 0 Å². The Labute approximate surface area is 184 Å². The van der Waals surface area contributed by atoms with Crippen LogP contribution in [0.15, 0.2) is 66.7 Å². The van der Waals surface area contributed by atoms with Gasteiger partial charge >= 0.3 is 12.0 Å². The lowest BCUT2D eigenvalue weighted by Crippen LogP contribution is -2.44. The fourth-order valence-electron chi connectivity index (χ4n) is 4.08. The summed E-state index contributed by atoms with van der Waals surface area (Å²) in [4.78, 5) is 40.0. The Hall–Kier alpha value is -4.20. The molecule has 1 atom stereocenters. The van der Waals surface area contributed by atoms with E-state index in [4.69, 9.17) is 11.1 Å². The number of carboxylic acid groups (broad SMARTS) is 1. The van der Waals surface area contributed by atoms with E-state index in [1.54, 1.807) is 31.2 Å². The van der Waals surface area contributed by atoms with E-state index in [1.807, 2.05) is 42.5 Å². The van der Waals surface area contributed by atoms with Crippen LogP contribution in [0.2, 0.25) is 0 Å². The number of rotatable bonds is 6. The molecule has 0 aliphatic carbocycles. The van der Waals surface area contributed by atoms with Gasteiger partial charge in [-0.2, -0.15) is 0 Å². The number of urea groups is 1. The van der Waals surface area contributed by atoms with Crippen LogP contribution in [0.4, 0.5) is 4.79 Å². The Morgan fingerprint density at radius 2 is 1.69 bits per heavy atom. The lowest BCUT2D eigenvalue weighted by Gasteiger charge is -2.32. The van der Waals surface area contributed by atoms with Crippen LogP contribution < -0.4 is 5.73 Å². The van der Waals surface area contributed by atoms with Gasteiger partial charge in [-0.05, 0) is 34.9 Å². The number of nitrogens with zero attached hydrogens (tertiary/aromatic N) is 2. The van der Waals surface area contributed by atoms with E-state index in [1.165, 1.54) is 4.90 Å². The summed E-state index contributed by atoms with van der Waals surface area (Å²) in [5.74, 6) is -1.99. The fraction of sp³-hybridized carbons (Fsp3) is 0.167. The van der Waals surface area contributed by atoms with E-state index < -0.39 is 30.0 Å². The number of benzene rings is 3. The van der Waals surface area contributed by atoms with Crippen molar-refractivity contribution in [2.45, 2.75) is 19.0 Å². The van der Waals surface area contributed by atoms with Crippen LogP contribution in [0.3, 0.4) is 0 Å². The van der Waals surface area contributed by atoms with Crippen LogP contribution in [0.25, 0.3) is 10.8 Å². The number of carbonyl (C=O) groups is 3. The summed E-state index contributed by atoms with van der Waals surface area (Å²) in [5, 5.41) is 18.9. The van der Waals surface area contributed by atoms with E-state index in [9.17, 15) is 19.5 Å². The number of carbonyl (C=O) groups excluding carboxylic acids is 2. The summed E-state index contributed by atoms with van der Waals surface area (Å²) < 4.78 is 0. The van der Waals surface area contributed by atoms with E-state index >= 15 is 0 Å². The zero-order valence-electron chi connectivity index (χ0n) is 17.4. The maximum Gasteiger partial charge on any atom is 0.328 e. The number of amides is 3. The lowest BCUT2D eigenvalue weighted by atomic mass is 9.89. The molecule has 0 bridgehead atoms. The number of imide groups is 1. The second kappa shape index (κ2) is 7.81. The Morgan fingerprint density at radius 1 is 1.03 bits per heavy atom. The van der Waals surface area contributed by atoms with Gasteiger partial charge in [0.25, 0.3) is 5.91 Å². The fourth-order valence-corrected chi connectivity index (χ4v) is 4.08. The van der Waals surface area contributed by atoms with Crippen molar-refractivity contribution in [3.63, 3.8) is 0 Å². The second-order valence-electron chi connectivity index (χ2n) is 7.90. The minimum Gasteiger partial charge on any atom is -0.480 e. The zero-order valence-corrected chi connectivity index (χ0v) is 17.4. The first kappa shape index (κ1) is 21.0. The first-order valence-corrected chi connectivity index (χ1v) is 10.00. The van der Waals surface area contributed by atoms with Crippen LogP contribution in [0, 0.1) is 5.41 Å². The van der Waals surface area contributed by atoms with Crippen LogP contribution in [0.5, 0.6) is 0 Å². The largest absolute Gasteiger partial charge is 0.480 e. The highest BCUT2D eigenvalue weighted by molar-refractivity contribution is 6.09. The van der Waals surface area contributed by atoms with Crippen LogP contribution >= 0.6 is 0 Å². The normalized spacial score (nSPS) is 18.4. The minimum atomic E-state index is -1.41. The summed E-state index contributed by atoms with van der Waals surface area (Å²) >= 11 is 0. The number of hydrogen-bond acceptors (Lipinski definition) is 4. The number of amidine groups is 1. The maximum absolute atomic E-state index is 13.3. The van der Waals surface area contributed by atoms with Gasteiger partial charge in [-0.15, -0.1) is 0 Å². The van der Waals surface area contributed by atoms with Gasteiger partial charge in [0.2, 0.25) is 0 Å². The molecule has 0 radical (unpaired) electrons. The smallest absolute Gasteiger partial charge is 0.328 e. The van der Waals surface area contributed by atoms with Crippen molar-refractivity contribution in [3.8, 4) is 0 Å². The topological polar surface area (TPSA) is 128 Å². The molecule has 1 saturated heterocycles. The monoisotopic (exact) mass is 430 g/mol. The van der Waals surface area contributed by atoms with E-state index in [2.05, 4.69) is 0 Å². The molecule has 8 heteroatoms. The maximum atomic E-state index is 13.3. The molecule has 0 saturated carbocycles. The van der Waals surface area contributed by atoms with E-state index in [0.717, 1.165) is 21.2 Å². The van der Waals surface area contributed by atoms with E-state index in [0.29, 0.717) is 11.1 Å². The summed E-state index contributed by atoms with van der Waals surface area (Å²) in [6.45, 7) is 1.02. The minimum absolute atomic E-state index is 0.115. The van der Waals surface area contributed by atoms with Gasteiger partial charge in [0, 0.05) is 12.1 Å². The highest BCUT2D eigenvalue weighted by Gasteiger charge is 2.55. The predicted molar refractivity (Wildman–Crippen MR) is 119 cm³/mol. The molecule has 1 aliphatic rings. The van der Waals surface area contributed by atoms with Crippen molar-refractivity contribution in [3.05, 3.63) is 83.4 Å². The second-order valence-corrected chi connectivity index (χ2v) is 7.90. The zero-order chi connectivity index (χ0) is 23.0. The third-order valence-electron chi connectivity index (χ3n) is 5.87. The summed E-state index contributed by atoms with van der Waals surface area (Å²) in [6.07, 6.45) is 0. The third kappa shape index (κ3) is 3.45. The molecule has 1 aliphatic heterocycles. The van der Waals surface area contributed by atoms with Crippen molar-refractivity contribution in [1.29, 1.82) is 5.41 Å². The number of nitrogens with one attached hydrogen (secondary N) is 1. The van der Waals surface area contributed by atoms with Crippen LogP contribution in [0.1, 0.15) is 23.6 Å². The summed E-state index contributed by atoms with van der Waals surface area (Å²) in [7, 11) is 0.